The summed E-state index contributed by atoms with van der Waals surface area (Å²) in [5.74, 6) is -0.176. The van der Waals surface area contributed by atoms with E-state index in [4.69, 9.17) is 14.2 Å². The summed E-state index contributed by atoms with van der Waals surface area (Å²) in [6, 6.07) is 0. The Hall–Kier alpha value is -1.11. The minimum Gasteiger partial charge on any atom is -0.388 e. The molecule has 2 fully saturated rings. The van der Waals surface area contributed by atoms with Gasteiger partial charge in [-0.3, -0.25) is 4.79 Å². The quantitative estimate of drug-likeness (QED) is 0.273. The molecular formula is C21H37NO9. The van der Waals surface area contributed by atoms with Crippen LogP contribution in [0, 0.1) is 0 Å². The summed E-state index contributed by atoms with van der Waals surface area (Å²) in [7, 11) is 0. The van der Waals surface area contributed by atoms with E-state index in [1.54, 1.807) is 0 Å². The Bertz CT molecular complexity index is 575. The van der Waals surface area contributed by atoms with Crippen molar-refractivity contribution < 1.29 is 44.5 Å². The maximum absolute atomic E-state index is 12.6. The Morgan fingerprint density at radius 1 is 0.935 bits per heavy atom. The number of allylic oxidation sites excluding steroid dienone is 1. The van der Waals surface area contributed by atoms with E-state index in [1.165, 1.54) is 4.90 Å². The third kappa shape index (κ3) is 6.93. The van der Waals surface area contributed by atoms with E-state index in [2.05, 4.69) is 6.92 Å². The number of ether oxygens (including phenoxy) is 3. The van der Waals surface area contributed by atoms with Crippen LogP contribution < -0.4 is 0 Å². The molecular weight excluding hydrogens is 410 g/mol. The largest absolute Gasteiger partial charge is 0.388 e. The molecule has 0 aromatic heterocycles. The lowest BCUT2D eigenvalue weighted by Gasteiger charge is -2.44. The third-order valence-electron chi connectivity index (χ3n) is 5.47. The lowest BCUT2D eigenvalue weighted by molar-refractivity contribution is -0.316. The summed E-state index contributed by atoms with van der Waals surface area (Å²) >= 11 is 0. The molecule has 8 atom stereocenters. The van der Waals surface area contributed by atoms with E-state index in [9.17, 15) is 30.3 Å². The van der Waals surface area contributed by atoms with Gasteiger partial charge < -0.3 is 44.6 Å². The lowest BCUT2D eigenvalue weighted by Crippen LogP contribution is -2.63. The lowest BCUT2D eigenvalue weighted by atomic mass is 10.0. The highest BCUT2D eigenvalue weighted by Crippen LogP contribution is 2.26. The van der Waals surface area contributed by atoms with Crippen LogP contribution in [0.15, 0.2) is 12.2 Å². The smallest absolute Gasteiger partial charge is 0.224 e. The SMILES string of the molecule is CCC/C=C\CCN(C(=O)CCC)C1OCC(OC2OCC(O)C(O)C2O)C(O)C1O. The number of rotatable bonds is 10. The van der Waals surface area contributed by atoms with Crippen molar-refractivity contribution in [2.45, 2.75) is 95.1 Å². The molecule has 0 saturated carbocycles. The predicted octanol–water partition coefficient (Wildman–Crippen LogP) is -0.736. The molecule has 1 amide bonds. The molecule has 10 nitrogen and oxygen atoms in total. The highest BCUT2D eigenvalue weighted by atomic mass is 16.7. The van der Waals surface area contributed by atoms with Gasteiger partial charge in [-0.1, -0.05) is 32.4 Å². The number of hydrogen-bond donors (Lipinski definition) is 5. The highest BCUT2D eigenvalue weighted by Gasteiger charge is 2.46. The van der Waals surface area contributed by atoms with Gasteiger partial charge in [-0.25, -0.2) is 0 Å². The van der Waals surface area contributed by atoms with Gasteiger partial charge in [0.15, 0.2) is 12.5 Å². The van der Waals surface area contributed by atoms with E-state index in [-0.39, 0.29) is 19.1 Å². The second-order valence-corrected chi connectivity index (χ2v) is 8.02. The molecule has 0 radical (unpaired) electrons. The number of carbonyl (C=O) groups excluding carboxylic acids is 1. The van der Waals surface area contributed by atoms with Crippen molar-refractivity contribution in [1.82, 2.24) is 4.90 Å². The van der Waals surface area contributed by atoms with E-state index >= 15 is 0 Å². The van der Waals surface area contributed by atoms with Crippen molar-refractivity contribution in [2.75, 3.05) is 19.8 Å². The van der Waals surface area contributed by atoms with E-state index < -0.39 is 49.1 Å². The fourth-order valence-electron chi connectivity index (χ4n) is 3.61. The molecule has 2 aliphatic rings. The molecule has 2 aliphatic heterocycles. The van der Waals surface area contributed by atoms with Crippen LogP contribution in [0.1, 0.15) is 46.0 Å². The molecule has 0 aromatic rings. The summed E-state index contributed by atoms with van der Waals surface area (Å²) in [5, 5.41) is 50.6. The maximum Gasteiger partial charge on any atom is 0.224 e. The molecule has 180 valence electrons. The Balaban J connectivity index is 2.00. The van der Waals surface area contributed by atoms with Crippen molar-refractivity contribution in [1.29, 1.82) is 0 Å². The predicted molar refractivity (Wildman–Crippen MR) is 110 cm³/mol. The van der Waals surface area contributed by atoms with E-state index in [0.717, 1.165) is 12.8 Å². The summed E-state index contributed by atoms with van der Waals surface area (Å²) in [5.41, 5.74) is 0. The average Bonchev–Trinajstić information content (AvgIpc) is 2.75. The van der Waals surface area contributed by atoms with Crippen LogP contribution >= 0.6 is 0 Å². The van der Waals surface area contributed by atoms with Crippen LogP contribution in [-0.2, 0) is 19.0 Å². The normalized spacial score (nSPS) is 36.6. The molecule has 10 heteroatoms. The fraction of sp³-hybridized carbons (Fsp3) is 0.857. The number of unbranched alkanes of at least 4 members (excludes halogenated alkanes) is 1. The monoisotopic (exact) mass is 447 g/mol. The highest BCUT2D eigenvalue weighted by molar-refractivity contribution is 5.76. The van der Waals surface area contributed by atoms with Gasteiger partial charge in [-0.05, 0) is 19.3 Å². The summed E-state index contributed by atoms with van der Waals surface area (Å²) < 4.78 is 16.4. The van der Waals surface area contributed by atoms with Crippen molar-refractivity contribution in [3.8, 4) is 0 Å². The van der Waals surface area contributed by atoms with Crippen molar-refractivity contribution >= 4 is 5.91 Å². The van der Waals surface area contributed by atoms with Crippen LogP contribution in [0.3, 0.4) is 0 Å². The summed E-state index contributed by atoms with van der Waals surface area (Å²) in [6.07, 6.45) is -2.92. The maximum atomic E-state index is 12.6. The van der Waals surface area contributed by atoms with E-state index in [1.807, 2.05) is 19.1 Å². The van der Waals surface area contributed by atoms with Gasteiger partial charge in [0.25, 0.3) is 0 Å². The van der Waals surface area contributed by atoms with Gasteiger partial charge >= 0.3 is 0 Å². The first-order chi connectivity index (χ1) is 14.8. The van der Waals surface area contributed by atoms with Crippen molar-refractivity contribution in [2.24, 2.45) is 0 Å². The molecule has 8 unspecified atom stereocenters. The van der Waals surface area contributed by atoms with Gasteiger partial charge in [0.2, 0.25) is 5.91 Å². The number of aliphatic hydroxyl groups excluding tert-OH is 5. The first-order valence-corrected chi connectivity index (χ1v) is 11.0. The van der Waals surface area contributed by atoms with Crippen molar-refractivity contribution in [3.63, 3.8) is 0 Å². The standard InChI is InChI=1S/C21H37NO9/c1-3-5-6-7-8-10-22(15(24)9-4-2)20-18(27)17(26)14(12-29-20)31-21-19(28)16(25)13(23)11-30-21/h6-7,13-14,16-21,23,25-28H,3-5,8-12H2,1-2H3/b7-6-. The molecule has 0 aromatic carbocycles. The molecule has 0 spiro atoms. The van der Waals surface area contributed by atoms with E-state index in [0.29, 0.717) is 25.8 Å². The number of nitrogens with zero attached hydrogens (tertiary/aromatic N) is 1. The van der Waals surface area contributed by atoms with Crippen LogP contribution in [0.25, 0.3) is 0 Å². The topological polar surface area (TPSA) is 149 Å². The molecule has 0 bridgehead atoms. The summed E-state index contributed by atoms with van der Waals surface area (Å²) in [4.78, 5) is 14.1. The first kappa shape index (κ1) is 26.1. The minimum atomic E-state index is -1.52. The van der Waals surface area contributed by atoms with Crippen LogP contribution in [-0.4, -0.2) is 105 Å². The second-order valence-electron chi connectivity index (χ2n) is 8.02. The second kappa shape index (κ2) is 12.8. The zero-order chi connectivity index (χ0) is 23.0. The number of amides is 1. The molecule has 2 heterocycles. The zero-order valence-electron chi connectivity index (χ0n) is 18.2. The van der Waals surface area contributed by atoms with Crippen molar-refractivity contribution in [3.05, 3.63) is 12.2 Å². The Labute approximate surface area is 183 Å². The molecule has 31 heavy (non-hydrogen) atoms. The molecule has 5 N–H and O–H groups in total. The molecule has 0 aliphatic carbocycles. The first-order valence-electron chi connectivity index (χ1n) is 11.0. The van der Waals surface area contributed by atoms with Gasteiger partial charge in [-0.15, -0.1) is 0 Å². The number of aliphatic hydroxyl groups is 5. The van der Waals surface area contributed by atoms with Gasteiger partial charge in [0.1, 0.15) is 36.6 Å². The third-order valence-corrected chi connectivity index (χ3v) is 5.47. The molecule has 2 saturated heterocycles. The molecule has 2 rings (SSSR count). The Kier molecular flexibility index (Phi) is 10.8. The Morgan fingerprint density at radius 2 is 1.65 bits per heavy atom. The summed E-state index contributed by atoms with van der Waals surface area (Å²) in [6.45, 7) is 3.90. The van der Waals surface area contributed by atoms with Gasteiger partial charge in [-0.2, -0.15) is 0 Å². The van der Waals surface area contributed by atoms with Crippen LogP contribution in [0.2, 0.25) is 0 Å². The number of hydrogen-bond acceptors (Lipinski definition) is 9. The fourth-order valence-corrected chi connectivity index (χ4v) is 3.61. The van der Waals surface area contributed by atoms with Crippen LogP contribution in [0.5, 0.6) is 0 Å². The zero-order valence-corrected chi connectivity index (χ0v) is 18.2. The van der Waals surface area contributed by atoms with Crippen LogP contribution in [0.4, 0.5) is 0 Å². The van der Waals surface area contributed by atoms with Gasteiger partial charge in [0.05, 0.1) is 13.2 Å². The minimum absolute atomic E-state index is 0.157. The average molecular weight is 448 g/mol. The van der Waals surface area contributed by atoms with Gasteiger partial charge in [0, 0.05) is 13.0 Å². The number of carbonyl (C=O) groups is 1. The Morgan fingerprint density at radius 3 is 2.32 bits per heavy atom.